The number of sulfonamides is 1. The Bertz CT molecular complexity index is 884. The molecule has 0 fully saturated rings. The maximum absolute atomic E-state index is 13.2. The van der Waals surface area contributed by atoms with Gasteiger partial charge in [-0.15, -0.1) is 0 Å². The molecule has 26 heavy (non-hydrogen) atoms. The summed E-state index contributed by atoms with van der Waals surface area (Å²) in [6, 6.07) is 13.1. The molecule has 1 aliphatic heterocycles. The van der Waals surface area contributed by atoms with Gasteiger partial charge in [-0.3, -0.25) is 9.10 Å². The molecular weight excluding hydrogens is 356 g/mol. The minimum Gasteiger partial charge on any atom is -0.490 e. The van der Waals surface area contributed by atoms with Crippen LogP contribution in [-0.4, -0.2) is 34.1 Å². The summed E-state index contributed by atoms with van der Waals surface area (Å²) in [7, 11) is -3.91. The molecule has 0 bridgehead atoms. The zero-order valence-corrected chi connectivity index (χ0v) is 14.9. The molecule has 0 aromatic heterocycles. The van der Waals surface area contributed by atoms with Crippen LogP contribution < -0.4 is 19.5 Å². The highest BCUT2D eigenvalue weighted by Gasteiger charge is 2.27. The standard InChI is InChI=1S/C18H20N2O5S/c19-18(21)9-10-20(14-5-2-1-3-6-14)26(22,23)15-7-8-16-17(13-15)25-12-4-11-24-16/h1-3,5-8,13H,4,9-12H2,(H2,19,21). The summed E-state index contributed by atoms with van der Waals surface area (Å²) in [6.07, 6.45) is 0.643. The van der Waals surface area contributed by atoms with Gasteiger partial charge in [0.1, 0.15) is 0 Å². The van der Waals surface area contributed by atoms with Gasteiger partial charge in [0.15, 0.2) is 11.5 Å². The molecule has 0 saturated carbocycles. The van der Waals surface area contributed by atoms with E-state index < -0.39 is 15.9 Å². The Kier molecular flexibility index (Phi) is 5.32. The van der Waals surface area contributed by atoms with E-state index in [1.54, 1.807) is 36.4 Å². The van der Waals surface area contributed by atoms with Crippen molar-refractivity contribution in [2.45, 2.75) is 17.7 Å². The number of hydrogen-bond acceptors (Lipinski definition) is 5. The van der Waals surface area contributed by atoms with Crippen LogP contribution in [0.15, 0.2) is 53.4 Å². The number of ether oxygens (including phenoxy) is 2. The number of carbonyl (C=O) groups is 1. The van der Waals surface area contributed by atoms with E-state index in [0.29, 0.717) is 30.4 Å². The first-order chi connectivity index (χ1) is 12.5. The summed E-state index contributed by atoms with van der Waals surface area (Å²) in [5, 5.41) is 0. The van der Waals surface area contributed by atoms with E-state index in [2.05, 4.69) is 0 Å². The van der Waals surface area contributed by atoms with E-state index in [-0.39, 0.29) is 17.9 Å². The number of rotatable bonds is 6. The quantitative estimate of drug-likeness (QED) is 0.830. The summed E-state index contributed by atoms with van der Waals surface area (Å²) in [4.78, 5) is 11.3. The molecule has 0 aliphatic carbocycles. The molecule has 0 radical (unpaired) electrons. The molecule has 1 heterocycles. The predicted molar refractivity (Wildman–Crippen MR) is 96.8 cm³/mol. The van der Waals surface area contributed by atoms with E-state index in [4.69, 9.17) is 15.2 Å². The van der Waals surface area contributed by atoms with Crippen LogP contribution in [0.1, 0.15) is 12.8 Å². The third-order valence-electron chi connectivity index (χ3n) is 3.91. The average Bonchev–Trinajstić information content (AvgIpc) is 2.87. The Hall–Kier alpha value is -2.74. The summed E-state index contributed by atoms with van der Waals surface area (Å²) in [5.41, 5.74) is 5.67. The Morgan fingerprint density at radius 1 is 1.04 bits per heavy atom. The fraction of sp³-hybridized carbons (Fsp3) is 0.278. The van der Waals surface area contributed by atoms with Crippen molar-refractivity contribution in [1.82, 2.24) is 0 Å². The van der Waals surface area contributed by atoms with Crippen molar-refractivity contribution >= 4 is 21.6 Å². The first-order valence-electron chi connectivity index (χ1n) is 8.24. The minimum atomic E-state index is -3.91. The van der Waals surface area contributed by atoms with Gasteiger partial charge in [-0.25, -0.2) is 8.42 Å². The predicted octanol–water partition coefficient (Wildman–Crippen LogP) is 1.92. The molecule has 3 rings (SSSR count). The number of amides is 1. The van der Waals surface area contributed by atoms with Crippen LogP contribution in [0.5, 0.6) is 11.5 Å². The first kappa shape index (κ1) is 18.1. The zero-order valence-electron chi connectivity index (χ0n) is 14.1. The van der Waals surface area contributed by atoms with Crippen molar-refractivity contribution in [2.24, 2.45) is 5.73 Å². The molecular formula is C18H20N2O5S. The molecule has 8 heteroatoms. The van der Waals surface area contributed by atoms with Crippen molar-refractivity contribution < 1.29 is 22.7 Å². The van der Waals surface area contributed by atoms with Crippen LogP contribution in [0, 0.1) is 0 Å². The number of anilines is 1. The van der Waals surface area contributed by atoms with Crippen molar-refractivity contribution in [2.75, 3.05) is 24.1 Å². The molecule has 0 spiro atoms. The van der Waals surface area contributed by atoms with Gasteiger partial charge < -0.3 is 15.2 Å². The van der Waals surface area contributed by atoms with Gasteiger partial charge in [0.25, 0.3) is 10.0 Å². The topological polar surface area (TPSA) is 98.9 Å². The lowest BCUT2D eigenvalue weighted by atomic mass is 10.3. The van der Waals surface area contributed by atoms with Gasteiger partial charge in [0.2, 0.25) is 5.91 Å². The minimum absolute atomic E-state index is 0.0455. The molecule has 7 nitrogen and oxygen atoms in total. The van der Waals surface area contributed by atoms with Crippen LogP contribution in [-0.2, 0) is 14.8 Å². The van der Waals surface area contributed by atoms with Crippen LogP contribution in [0.25, 0.3) is 0 Å². The van der Waals surface area contributed by atoms with Crippen LogP contribution >= 0.6 is 0 Å². The lowest BCUT2D eigenvalue weighted by Gasteiger charge is -2.24. The van der Waals surface area contributed by atoms with Gasteiger partial charge >= 0.3 is 0 Å². The van der Waals surface area contributed by atoms with Crippen molar-refractivity contribution in [1.29, 1.82) is 0 Å². The Balaban J connectivity index is 1.99. The molecule has 2 aromatic carbocycles. The summed E-state index contributed by atoms with van der Waals surface area (Å²) >= 11 is 0. The maximum atomic E-state index is 13.2. The Labute approximate surface area is 152 Å². The van der Waals surface area contributed by atoms with Crippen LogP contribution in [0.4, 0.5) is 5.69 Å². The highest BCUT2D eigenvalue weighted by atomic mass is 32.2. The zero-order chi connectivity index (χ0) is 18.6. The number of nitrogens with two attached hydrogens (primary N) is 1. The maximum Gasteiger partial charge on any atom is 0.264 e. The number of benzene rings is 2. The Morgan fingerprint density at radius 3 is 2.42 bits per heavy atom. The normalized spacial score (nSPS) is 13.7. The highest BCUT2D eigenvalue weighted by Crippen LogP contribution is 2.34. The first-order valence-corrected chi connectivity index (χ1v) is 9.68. The van der Waals surface area contributed by atoms with E-state index >= 15 is 0 Å². The number of hydrogen-bond donors (Lipinski definition) is 1. The third kappa shape index (κ3) is 3.91. The number of fused-ring (bicyclic) bond motifs is 1. The molecule has 0 saturated heterocycles. The van der Waals surface area contributed by atoms with E-state index in [0.717, 1.165) is 6.42 Å². The number of primary amides is 1. The fourth-order valence-electron chi connectivity index (χ4n) is 2.63. The van der Waals surface area contributed by atoms with E-state index in [9.17, 15) is 13.2 Å². The SMILES string of the molecule is NC(=O)CCN(c1ccccc1)S(=O)(=O)c1ccc2c(c1)OCCCO2. The number of para-hydroxylation sites is 1. The van der Waals surface area contributed by atoms with E-state index in [1.165, 1.54) is 16.4 Å². The monoisotopic (exact) mass is 376 g/mol. The second-order valence-electron chi connectivity index (χ2n) is 5.79. The molecule has 1 amide bonds. The molecule has 2 aromatic rings. The lowest BCUT2D eigenvalue weighted by molar-refractivity contribution is -0.117. The van der Waals surface area contributed by atoms with E-state index in [1.807, 2.05) is 0 Å². The van der Waals surface area contributed by atoms with Gasteiger partial charge in [-0.2, -0.15) is 0 Å². The Morgan fingerprint density at radius 2 is 1.73 bits per heavy atom. The molecule has 0 atom stereocenters. The van der Waals surface area contributed by atoms with Gasteiger partial charge in [0, 0.05) is 25.5 Å². The molecule has 2 N–H and O–H groups in total. The molecule has 138 valence electrons. The summed E-state index contributed by atoms with van der Waals surface area (Å²) in [5.74, 6) is 0.344. The molecule has 1 aliphatic rings. The largest absolute Gasteiger partial charge is 0.490 e. The summed E-state index contributed by atoms with van der Waals surface area (Å²) in [6.45, 7) is 0.935. The second kappa shape index (κ2) is 7.65. The van der Waals surface area contributed by atoms with Crippen molar-refractivity contribution in [3.8, 4) is 11.5 Å². The van der Waals surface area contributed by atoms with Gasteiger partial charge in [0.05, 0.1) is 23.8 Å². The average molecular weight is 376 g/mol. The summed E-state index contributed by atoms with van der Waals surface area (Å²) < 4.78 is 38.7. The molecule has 0 unspecified atom stereocenters. The lowest BCUT2D eigenvalue weighted by Crippen LogP contribution is -2.34. The smallest absolute Gasteiger partial charge is 0.264 e. The highest BCUT2D eigenvalue weighted by molar-refractivity contribution is 7.92. The van der Waals surface area contributed by atoms with Crippen LogP contribution in [0.2, 0.25) is 0 Å². The van der Waals surface area contributed by atoms with Crippen molar-refractivity contribution in [3.63, 3.8) is 0 Å². The van der Waals surface area contributed by atoms with Gasteiger partial charge in [-0.05, 0) is 24.3 Å². The van der Waals surface area contributed by atoms with Gasteiger partial charge in [-0.1, -0.05) is 18.2 Å². The number of nitrogens with zero attached hydrogens (tertiary/aromatic N) is 1. The van der Waals surface area contributed by atoms with Crippen LogP contribution in [0.3, 0.4) is 0 Å². The third-order valence-corrected chi connectivity index (χ3v) is 5.74. The number of carbonyl (C=O) groups excluding carboxylic acids is 1. The fourth-order valence-corrected chi connectivity index (χ4v) is 4.11. The second-order valence-corrected chi connectivity index (χ2v) is 7.65. The van der Waals surface area contributed by atoms with Crippen molar-refractivity contribution in [3.05, 3.63) is 48.5 Å².